The Morgan fingerprint density at radius 1 is 0.311 bits per heavy atom. The third-order valence-corrected chi connectivity index (χ3v) is 12.2. The van der Waals surface area contributed by atoms with Gasteiger partial charge in [0.2, 0.25) is 0 Å². The normalized spacial score (nSPS) is 11.9. The van der Waals surface area contributed by atoms with Crippen LogP contribution in [0.25, 0.3) is 77.2 Å². The van der Waals surface area contributed by atoms with Crippen molar-refractivity contribution in [2.24, 2.45) is 0 Å². The molecule has 61 heavy (non-hydrogen) atoms. The molecule has 0 amide bonds. The zero-order chi connectivity index (χ0) is 40.3. The number of furan rings is 1. The van der Waals surface area contributed by atoms with E-state index in [-0.39, 0.29) is 0 Å². The van der Waals surface area contributed by atoms with Crippen LogP contribution in [0, 0.1) is 0 Å². The van der Waals surface area contributed by atoms with Gasteiger partial charge in [0.05, 0.1) is 17.1 Å². The molecule has 0 fully saturated rings. The van der Waals surface area contributed by atoms with E-state index in [9.17, 15) is 0 Å². The van der Waals surface area contributed by atoms with Gasteiger partial charge in [0.25, 0.3) is 0 Å². The van der Waals surface area contributed by atoms with Gasteiger partial charge in [-0.1, -0.05) is 176 Å². The maximum Gasteiger partial charge on any atom is 0.143 e. The number of hydrogen-bond donors (Lipinski definition) is 0. The summed E-state index contributed by atoms with van der Waals surface area (Å²) in [5, 5.41) is 4.62. The molecular formula is C58H38N2O. The van der Waals surface area contributed by atoms with Gasteiger partial charge >= 0.3 is 0 Å². The predicted molar refractivity (Wildman–Crippen MR) is 256 cm³/mol. The molecule has 12 rings (SSSR count). The third kappa shape index (κ3) is 5.74. The highest BCUT2D eigenvalue weighted by molar-refractivity contribution is 6.13. The second-order valence-electron chi connectivity index (χ2n) is 15.6. The minimum absolute atomic E-state index is 0.898. The fourth-order valence-electron chi connectivity index (χ4n) is 9.42. The highest BCUT2D eigenvalue weighted by Gasteiger charge is 2.26. The molecule has 2 heterocycles. The Labute approximate surface area is 354 Å². The standard InChI is InChI=1S/C58H38N2O/c1-2-15-40(16-3-1)46-24-13-26-52-53-27-14-25-47(58(53)61-57(46)52)41-31-33-42(34-32-41)59(54-30-12-18-39-17-4-5-19-45(39)54)43-35-37-44(38-36-43)60-55-28-10-8-22-50(55)48-20-6-7-21-49(48)51-23-9-11-29-56(51)60/h1-38H. The van der Waals surface area contributed by atoms with Crippen LogP contribution < -0.4 is 9.80 Å². The zero-order valence-electron chi connectivity index (χ0n) is 33.2. The smallest absolute Gasteiger partial charge is 0.143 e. The first-order valence-corrected chi connectivity index (χ1v) is 20.8. The van der Waals surface area contributed by atoms with Gasteiger partial charge < -0.3 is 14.2 Å². The highest BCUT2D eigenvalue weighted by atomic mass is 16.3. The lowest BCUT2D eigenvalue weighted by molar-refractivity contribution is 0.671. The molecule has 0 aliphatic carbocycles. The monoisotopic (exact) mass is 778 g/mol. The first-order valence-electron chi connectivity index (χ1n) is 20.8. The quantitative estimate of drug-likeness (QED) is 0.168. The minimum atomic E-state index is 0.898. The number of rotatable bonds is 6. The number of para-hydroxylation sites is 4. The summed E-state index contributed by atoms with van der Waals surface area (Å²) < 4.78 is 6.80. The summed E-state index contributed by atoms with van der Waals surface area (Å²) in [4.78, 5) is 4.79. The summed E-state index contributed by atoms with van der Waals surface area (Å²) in [6, 6.07) is 82.8. The van der Waals surface area contributed by atoms with Gasteiger partial charge in [-0.05, 0) is 82.2 Å². The van der Waals surface area contributed by atoms with Crippen molar-refractivity contribution < 1.29 is 4.42 Å². The van der Waals surface area contributed by atoms with Crippen molar-refractivity contribution in [3.8, 4) is 44.5 Å². The number of fused-ring (bicyclic) bond motifs is 9. The Bertz CT molecular complexity index is 3350. The van der Waals surface area contributed by atoms with Crippen LogP contribution >= 0.6 is 0 Å². The van der Waals surface area contributed by atoms with Crippen molar-refractivity contribution in [2.75, 3.05) is 9.80 Å². The Hall–Kier alpha value is -8.14. The molecule has 0 N–H and O–H groups in total. The molecule has 1 aromatic heterocycles. The van der Waals surface area contributed by atoms with Crippen LogP contribution in [-0.2, 0) is 0 Å². The summed E-state index contributed by atoms with van der Waals surface area (Å²) in [5.74, 6) is 0. The molecule has 0 atom stereocenters. The van der Waals surface area contributed by atoms with Crippen molar-refractivity contribution in [3.05, 3.63) is 231 Å². The third-order valence-electron chi connectivity index (χ3n) is 12.2. The van der Waals surface area contributed by atoms with E-state index in [2.05, 4.69) is 240 Å². The molecule has 0 spiro atoms. The zero-order valence-corrected chi connectivity index (χ0v) is 33.2. The first-order chi connectivity index (χ1) is 30.3. The second-order valence-corrected chi connectivity index (χ2v) is 15.6. The Morgan fingerprint density at radius 2 is 0.754 bits per heavy atom. The van der Waals surface area contributed by atoms with E-state index in [0.29, 0.717) is 0 Å². The molecule has 0 radical (unpaired) electrons. The van der Waals surface area contributed by atoms with Gasteiger partial charge in [-0.15, -0.1) is 0 Å². The van der Waals surface area contributed by atoms with Crippen LogP contribution in [0.3, 0.4) is 0 Å². The maximum atomic E-state index is 6.80. The minimum Gasteiger partial charge on any atom is -0.455 e. The van der Waals surface area contributed by atoms with E-state index < -0.39 is 0 Å². The number of hydrogen-bond acceptors (Lipinski definition) is 3. The van der Waals surface area contributed by atoms with Gasteiger partial charge in [0.15, 0.2) is 0 Å². The van der Waals surface area contributed by atoms with Crippen LogP contribution in [0.5, 0.6) is 0 Å². The van der Waals surface area contributed by atoms with Crippen molar-refractivity contribution in [1.29, 1.82) is 0 Å². The van der Waals surface area contributed by atoms with Crippen LogP contribution in [0.15, 0.2) is 235 Å². The van der Waals surface area contributed by atoms with E-state index in [1.165, 1.54) is 33.0 Å². The lowest BCUT2D eigenvalue weighted by atomic mass is 9.95. The summed E-state index contributed by atoms with van der Waals surface area (Å²) in [5.41, 5.74) is 17.8. The van der Waals surface area contributed by atoms with Crippen molar-refractivity contribution in [2.45, 2.75) is 0 Å². The summed E-state index contributed by atoms with van der Waals surface area (Å²) >= 11 is 0. The van der Waals surface area contributed by atoms with E-state index in [4.69, 9.17) is 4.42 Å². The van der Waals surface area contributed by atoms with Gasteiger partial charge in [0.1, 0.15) is 11.2 Å². The molecule has 3 heteroatoms. The van der Waals surface area contributed by atoms with E-state index in [1.54, 1.807) is 0 Å². The highest BCUT2D eigenvalue weighted by Crippen LogP contribution is 2.51. The number of benzene rings is 10. The molecule has 0 saturated heterocycles. The van der Waals surface area contributed by atoms with Crippen molar-refractivity contribution in [1.82, 2.24) is 0 Å². The molecule has 286 valence electrons. The van der Waals surface area contributed by atoms with Crippen molar-refractivity contribution in [3.63, 3.8) is 0 Å². The second kappa shape index (κ2) is 14.3. The first kappa shape index (κ1) is 34.9. The average Bonchev–Trinajstić information content (AvgIpc) is 3.67. The molecule has 1 aliphatic rings. The fraction of sp³-hybridized carbons (Fsp3) is 0. The van der Waals surface area contributed by atoms with Crippen LogP contribution in [-0.4, -0.2) is 0 Å². The molecule has 0 saturated carbocycles. The van der Waals surface area contributed by atoms with Crippen LogP contribution in [0.1, 0.15) is 0 Å². The molecule has 1 aliphatic heterocycles. The van der Waals surface area contributed by atoms with Gasteiger partial charge in [-0.3, -0.25) is 0 Å². The molecule has 11 aromatic rings. The van der Waals surface area contributed by atoms with Gasteiger partial charge in [-0.2, -0.15) is 0 Å². The lowest BCUT2D eigenvalue weighted by Gasteiger charge is -2.30. The SMILES string of the molecule is c1ccc(-c2cccc3c2oc2c(-c4ccc(N(c5ccc(N6c7ccccc7-c7ccccc7-c7ccccc76)cc5)c5cccc6ccccc56)cc4)cccc23)cc1. The summed E-state index contributed by atoms with van der Waals surface area (Å²) in [6.45, 7) is 0. The molecule has 0 unspecified atom stereocenters. The molecule has 0 bridgehead atoms. The van der Waals surface area contributed by atoms with Gasteiger partial charge in [-0.25, -0.2) is 0 Å². The Balaban J connectivity index is 0.975. The average molecular weight is 779 g/mol. The fourth-order valence-corrected chi connectivity index (χ4v) is 9.42. The lowest BCUT2D eigenvalue weighted by Crippen LogP contribution is -2.13. The van der Waals surface area contributed by atoms with Crippen LogP contribution in [0.4, 0.5) is 34.1 Å². The molecular weight excluding hydrogens is 741 g/mol. The Morgan fingerprint density at radius 3 is 1.38 bits per heavy atom. The molecule has 3 nitrogen and oxygen atoms in total. The van der Waals surface area contributed by atoms with Crippen LogP contribution in [0.2, 0.25) is 0 Å². The Kier molecular flexibility index (Phi) is 8.17. The summed E-state index contributed by atoms with van der Waals surface area (Å²) in [6.07, 6.45) is 0. The van der Waals surface area contributed by atoms with E-state index >= 15 is 0 Å². The molecule has 10 aromatic carbocycles. The maximum absolute atomic E-state index is 6.80. The van der Waals surface area contributed by atoms with E-state index in [0.717, 1.165) is 78.3 Å². The largest absolute Gasteiger partial charge is 0.455 e. The number of nitrogens with zero attached hydrogens (tertiary/aromatic N) is 2. The predicted octanol–water partition coefficient (Wildman–Crippen LogP) is 16.7. The van der Waals surface area contributed by atoms with Gasteiger partial charge in [0, 0.05) is 55.5 Å². The van der Waals surface area contributed by atoms with E-state index in [1.807, 2.05) is 0 Å². The summed E-state index contributed by atoms with van der Waals surface area (Å²) in [7, 11) is 0. The van der Waals surface area contributed by atoms with Crippen molar-refractivity contribution >= 4 is 66.8 Å². The number of anilines is 6. The topological polar surface area (TPSA) is 19.6 Å².